The molecular weight excluding hydrogens is 231 g/mol. The smallest absolute Gasteiger partial charge is 0.371 e. The highest BCUT2D eigenvalue weighted by molar-refractivity contribution is 5.17. The van der Waals surface area contributed by atoms with Crippen LogP contribution in [0.25, 0.3) is 0 Å². The molecule has 0 unspecified atom stereocenters. The number of hydrogen-bond acceptors (Lipinski definition) is 2. The fraction of sp³-hybridized carbons (Fsp3) is 0.500. The van der Waals surface area contributed by atoms with Crippen molar-refractivity contribution < 1.29 is 17.9 Å². The molecule has 1 rings (SSSR count). The van der Waals surface area contributed by atoms with Gasteiger partial charge in [-0.1, -0.05) is 30.3 Å². The predicted octanol–water partition coefficient (Wildman–Crippen LogP) is 2.92. The van der Waals surface area contributed by atoms with Gasteiger partial charge in [0.25, 0.3) is 0 Å². The van der Waals surface area contributed by atoms with Crippen LogP contribution in [0.15, 0.2) is 30.3 Å². The van der Waals surface area contributed by atoms with Gasteiger partial charge in [0, 0.05) is 12.6 Å². The maximum absolute atomic E-state index is 11.8. The van der Waals surface area contributed by atoms with Crippen molar-refractivity contribution in [2.24, 2.45) is 0 Å². The van der Waals surface area contributed by atoms with Gasteiger partial charge in [-0.3, -0.25) is 0 Å². The SMILES string of the molecule is C[C@@H](NCCOCC(F)(F)F)c1ccccc1. The molecule has 0 heterocycles. The minimum absolute atomic E-state index is 0.0523. The third kappa shape index (κ3) is 6.28. The van der Waals surface area contributed by atoms with Crippen LogP contribution < -0.4 is 5.32 Å². The van der Waals surface area contributed by atoms with E-state index in [0.717, 1.165) is 5.56 Å². The van der Waals surface area contributed by atoms with Gasteiger partial charge in [-0.25, -0.2) is 0 Å². The zero-order chi connectivity index (χ0) is 12.7. The van der Waals surface area contributed by atoms with E-state index < -0.39 is 12.8 Å². The van der Waals surface area contributed by atoms with Crippen molar-refractivity contribution in [2.45, 2.75) is 19.1 Å². The van der Waals surface area contributed by atoms with Gasteiger partial charge >= 0.3 is 6.18 Å². The summed E-state index contributed by atoms with van der Waals surface area (Å²) in [6.45, 7) is 1.22. The highest BCUT2D eigenvalue weighted by atomic mass is 19.4. The number of halogens is 3. The lowest BCUT2D eigenvalue weighted by Crippen LogP contribution is -2.25. The van der Waals surface area contributed by atoms with Crippen molar-refractivity contribution in [3.63, 3.8) is 0 Å². The number of rotatable bonds is 6. The van der Waals surface area contributed by atoms with Crippen molar-refractivity contribution in [1.29, 1.82) is 0 Å². The summed E-state index contributed by atoms with van der Waals surface area (Å²) in [5, 5.41) is 3.09. The van der Waals surface area contributed by atoms with Gasteiger partial charge in [0.05, 0.1) is 6.61 Å². The maximum Gasteiger partial charge on any atom is 0.411 e. The molecule has 0 saturated carbocycles. The molecule has 1 N–H and O–H groups in total. The Morgan fingerprint density at radius 3 is 2.47 bits per heavy atom. The topological polar surface area (TPSA) is 21.3 Å². The quantitative estimate of drug-likeness (QED) is 0.780. The average Bonchev–Trinajstić information content (AvgIpc) is 2.28. The molecule has 0 aromatic heterocycles. The van der Waals surface area contributed by atoms with Gasteiger partial charge in [0.15, 0.2) is 0 Å². The van der Waals surface area contributed by atoms with Gasteiger partial charge in [-0.05, 0) is 12.5 Å². The molecule has 1 atom stereocenters. The zero-order valence-corrected chi connectivity index (χ0v) is 9.63. The van der Waals surface area contributed by atoms with E-state index in [9.17, 15) is 13.2 Å². The van der Waals surface area contributed by atoms with Crippen molar-refractivity contribution in [1.82, 2.24) is 5.32 Å². The van der Waals surface area contributed by atoms with Crippen molar-refractivity contribution in [3.8, 4) is 0 Å². The lowest BCUT2D eigenvalue weighted by atomic mass is 10.1. The molecule has 0 spiro atoms. The van der Waals surface area contributed by atoms with Crippen molar-refractivity contribution in [2.75, 3.05) is 19.8 Å². The second-order valence-electron chi connectivity index (χ2n) is 3.75. The molecule has 2 nitrogen and oxygen atoms in total. The molecule has 1 aromatic carbocycles. The monoisotopic (exact) mass is 247 g/mol. The lowest BCUT2D eigenvalue weighted by molar-refractivity contribution is -0.173. The molecule has 0 bridgehead atoms. The van der Waals surface area contributed by atoms with Crippen molar-refractivity contribution in [3.05, 3.63) is 35.9 Å². The third-order valence-corrected chi connectivity index (χ3v) is 2.26. The molecule has 0 aliphatic carbocycles. The van der Waals surface area contributed by atoms with Gasteiger partial charge in [-0.15, -0.1) is 0 Å². The molecule has 0 aliphatic rings. The number of ether oxygens (including phenoxy) is 1. The van der Waals surface area contributed by atoms with Crippen LogP contribution in [0.4, 0.5) is 13.2 Å². The number of nitrogens with one attached hydrogen (secondary N) is 1. The molecule has 1 aromatic rings. The highest BCUT2D eigenvalue weighted by Crippen LogP contribution is 2.14. The maximum atomic E-state index is 11.8. The van der Waals surface area contributed by atoms with E-state index in [2.05, 4.69) is 10.1 Å². The summed E-state index contributed by atoms with van der Waals surface area (Å²) in [5.41, 5.74) is 1.10. The molecular formula is C12H16F3NO. The Bertz CT molecular complexity index is 313. The first-order valence-corrected chi connectivity index (χ1v) is 5.42. The minimum Gasteiger partial charge on any atom is -0.371 e. The van der Waals surface area contributed by atoms with E-state index in [-0.39, 0.29) is 12.6 Å². The Morgan fingerprint density at radius 2 is 1.88 bits per heavy atom. The van der Waals surface area contributed by atoms with Crippen LogP contribution in [0.5, 0.6) is 0 Å². The number of benzene rings is 1. The minimum atomic E-state index is -4.24. The fourth-order valence-electron chi connectivity index (χ4n) is 1.40. The Hall–Kier alpha value is -1.07. The van der Waals surface area contributed by atoms with E-state index in [0.29, 0.717) is 6.54 Å². The summed E-state index contributed by atoms with van der Waals surface area (Å²) in [4.78, 5) is 0. The van der Waals surface area contributed by atoms with Crippen LogP contribution >= 0.6 is 0 Å². The van der Waals surface area contributed by atoms with E-state index in [1.54, 1.807) is 0 Å². The standard InChI is InChI=1S/C12H16F3NO/c1-10(11-5-3-2-4-6-11)16-7-8-17-9-12(13,14)15/h2-6,10,16H,7-9H2,1H3/t10-/m1/s1. The van der Waals surface area contributed by atoms with E-state index in [1.807, 2.05) is 37.3 Å². The second kappa shape index (κ2) is 6.61. The molecule has 0 saturated heterocycles. The number of alkyl halides is 3. The summed E-state index contributed by atoms with van der Waals surface area (Å²) < 4.78 is 39.8. The normalized spacial score (nSPS) is 13.6. The van der Waals surface area contributed by atoms with Gasteiger partial charge < -0.3 is 10.1 Å². The van der Waals surface area contributed by atoms with E-state index in [4.69, 9.17) is 0 Å². The van der Waals surface area contributed by atoms with Gasteiger partial charge in [-0.2, -0.15) is 13.2 Å². The zero-order valence-electron chi connectivity index (χ0n) is 9.63. The van der Waals surface area contributed by atoms with Crippen LogP contribution in [0.2, 0.25) is 0 Å². The van der Waals surface area contributed by atoms with Gasteiger partial charge in [0.1, 0.15) is 6.61 Å². The molecule has 5 heteroatoms. The van der Waals surface area contributed by atoms with E-state index >= 15 is 0 Å². The summed E-state index contributed by atoms with van der Waals surface area (Å²) in [5.74, 6) is 0. The average molecular weight is 247 g/mol. The molecule has 17 heavy (non-hydrogen) atoms. The Balaban J connectivity index is 2.15. The summed E-state index contributed by atoms with van der Waals surface area (Å²) in [6.07, 6.45) is -4.24. The van der Waals surface area contributed by atoms with Crippen LogP contribution in [-0.4, -0.2) is 25.9 Å². The first-order valence-electron chi connectivity index (χ1n) is 5.42. The summed E-state index contributed by atoms with van der Waals surface area (Å²) in [7, 11) is 0. The Kier molecular flexibility index (Phi) is 5.44. The fourth-order valence-corrected chi connectivity index (χ4v) is 1.40. The predicted molar refractivity (Wildman–Crippen MR) is 59.7 cm³/mol. The van der Waals surface area contributed by atoms with Crippen molar-refractivity contribution >= 4 is 0 Å². The second-order valence-corrected chi connectivity index (χ2v) is 3.75. The van der Waals surface area contributed by atoms with E-state index in [1.165, 1.54) is 0 Å². The van der Waals surface area contributed by atoms with Gasteiger partial charge in [0.2, 0.25) is 0 Å². The lowest BCUT2D eigenvalue weighted by Gasteiger charge is -2.14. The highest BCUT2D eigenvalue weighted by Gasteiger charge is 2.27. The molecule has 96 valence electrons. The molecule has 0 amide bonds. The first-order chi connectivity index (χ1) is 7.99. The molecule has 0 aliphatic heterocycles. The summed E-state index contributed by atoms with van der Waals surface area (Å²) >= 11 is 0. The number of hydrogen-bond donors (Lipinski definition) is 1. The van der Waals surface area contributed by atoms with Crippen LogP contribution in [0.3, 0.4) is 0 Å². The van der Waals surface area contributed by atoms with Crippen LogP contribution in [0, 0.1) is 0 Å². The van der Waals surface area contributed by atoms with Crippen LogP contribution in [0.1, 0.15) is 18.5 Å². The largest absolute Gasteiger partial charge is 0.411 e. The third-order valence-electron chi connectivity index (χ3n) is 2.26. The Labute approximate surface area is 98.8 Å². The van der Waals surface area contributed by atoms with Crippen LogP contribution in [-0.2, 0) is 4.74 Å². The first kappa shape index (κ1) is 14.0. The summed E-state index contributed by atoms with van der Waals surface area (Å²) in [6, 6.07) is 9.80. The Morgan fingerprint density at radius 1 is 1.24 bits per heavy atom. The molecule has 0 fully saturated rings. The molecule has 0 radical (unpaired) electrons.